The molecule has 0 atom stereocenters. The number of thiophene rings is 1. The Morgan fingerprint density at radius 3 is 2.32 bits per heavy atom. The average molecular weight is 422 g/mol. The van der Waals surface area contributed by atoms with Crippen molar-refractivity contribution >= 4 is 42.3 Å². The second kappa shape index (κ2) is 6.90. The predicted molar refractivity (Wildman–Crippen MR) is 135 cm³/mol. The molecule has 0 spiro atoms. The Labute approximate surface area is 187 Å². The molecule has 0 saturated heterocycles. The number of benzene rings is 3. The minimum Gasteiger partial charge on any atom is -0.256 e. The van der Waals surface area contributed by atoms with Crippen LogP contribution in [0.15, 0.2) is 60.8 Å². The highest BCUT2D eigenvalue weighted by molar-refractivity contribution is 7.25. The van der Waals surface area contributed by atoms with Gasteiger partial charge < -0.3 is 0 Å². The van der Waals surface area contributed by atoms with Gasteiger partial charge in [-0.25, -0.2) is 0 Å². The molecule has 0 unspecified atom stereocenters. The highest BCUT2D eigenvalue weighted by Gasteiger charge is 2.17. The first-order valence-corrected chi connectivity index (χ1v) is 12.2. The largest absolute Gasteiger partial charge is 0.256 e. The second-order valence-corrected chi connectivity index (χ2v) is 11.1. The van der Waals surface area contributed by atoms with E-state index in [1.165, 1.54) is 67.8 Å². The topological polar surface area (TPSA) is 12.9 Å². The lowest BCUT2D eigenvalue weighted by Gasteiger charge is -2.20. The summed E-state index contributed by atoms with van der Waals surface area (Å²) in [7, 11) is 0. The van der Waals surface area contributed by atoms with Crippen molar-refractivity contribution in [2.24, 2.45) is 0 Å². The van der Waals surface area contributed by atoms with Crippen LogP contribution in [0.1, 0.15) is 50.3 Å². The van der Waals surface area contributed by atoms with Gasteiger partial charge in [0.1, 0.15) is 0 Å². The Balaban J connectivity index is 1.61. The molecule has 1 nitrogen and oxygen atoms in total. The summed E-state index contributed by atoms with van der Waals surface area (Å²) in [5.74, 6) is 0. The van der Waals surface area contributed by atoms with Crippen molar-refractivity contribution < 1.29 is 0 Å². The second-order valence-electron chi connectivity index (χ2n) is 9.99. The Morgan fingerprint density at radius 1 is 0.774 bits per heavy atom. The van der Waals surface area contributed by atoms with E-state index < -0.39 is 0 Å². The Hall–Kier alpha value is -2.71. The smallest absolute Gasteiger partial charge is 0.0780 e. The van der Waals surface area contributed by atoms with Gasteiger partial charge in [-0.1, -0.05) is 39.0 Å². The minimum atomic E-state index is 0.122. The third-order valence-corrected chi connectivity index (χ3v) is 7.94. The van der Waals surface area contributed by atoms with E-state index in [2.05, 4.69) is 75.4 Å². The number of nitrogens with zero attached hydrogens (tertiary/aromatic N) is 1. The number of aromatic nitrogens is 1. The van der Waals surface area contributed by atoms with Crippen LogP contribution in [-0.2, 0) is 18.3 Å². The number of aryl methyl sites for hydroxylation is 2. The first kappa shape index (κ1) is 19.0. The predicted octanol–water partition coefficient (Wildman–Crippen LogP) is 8.45. The molecule has 0 N–H and O–H groups in total. The Kier molecular flexibility index (Phi) is 4.23. The van der Waals surface area contributed by atoms with Crippen molar-refractivity contribution in [2.45, 2.75) is 51.9 Å². The number of fused-ring (bicyclic) bond motifs is 5. The molecular formula is C29H27NS. The molecule has 31 heavy (non-hydrogen) atoms. The Morgan fingerprint density at radius 2 is 1.52 bits per heavy atom. The van der Waals surface area contributed by atoms with Crippen LogP contribution in [0.3, 0.4) is 0 Å². The zero-order valence-electron chi connectivity index (χ0n) is 18.5. The fourth-order valence-electron chi connectivity index (χ4n) is 5.03. The number of rotatable bonds is 1. The first-order valence-electron chi connectivity index (χ1n) is 11.3. The molecule has 1 aliphatic carbocycles. The number of pyridine rings is 1. The van der Waals surface area contributed by atoms with E-state index in [4.69, 9.17) is 4.98 Å². The van der Waals surface area contributed by atoms with Crippen LogP contribution < -0.4 is 0 Å². The fraction of sp³-hybridized carbons (Fsp3) is 0.276. The van der Waals surface area contributed by atoms with Crippen molar-refractivity contribution in [1.82, 2.24) is 4.98 Å². The van der Waals surface area contributed by atoms with Crippen LogP contribution in [0, 0.1) is 0 Å². The van der Waals surface area contributed by atoms with E-state index in [1.54, 1.807) is 11.1 Å². The summed E-state index contributed by atoms with van der Waals surface area (Å²) in [6.45, 7) is 6.80. The summed E-state index contributed by atoms with van der Waals surface area (Å²) in [5, 5.41) is 5.32. The van der Waals surface area contributed by atoms with Crippen molar-refractivity contribution in [3.63, 3.8) is 0 Å². The molecule has 3 aromatic carbocycles. The van der Waals surface area contributed by atoms with Gasteiger partial charge >= 0.3 is 0 Å². The van der Waals surface area contributed by atoms with E-state index in [0.29, 0.717) is 0 Å². The van der Waals surface area contributed by atoms with E-state index >= 15 is 0 Å². The standard InChI is InChI=1S/C29H27NS/c1-29(2,3)22-10-6-9-21(13-22)28-23-17-25-24-14-18-7-4-5-8-19(18)15-26(24)31-27(25)16-20(23)11-12-30-28/h6,9-17H,4-5,7-8H2,1-3H3. The maximum atomic E-state index is 4.85. The van der Waals surface area contributed by atoms with Gasteiger partial charge in [0.05, 0.1) is 5.69 Å². The molecule has 0 amide bonds. The summed E-state index contributed by atoms with van der Waals surface area (Å²) in [4.78, 5) is 4.85. The van der Waals surface area contributed by atoms with Crippen LogP contribution in [0.5, 0.6) is 0 Å². The molecule has 0 aliphatic heterocycles. The third kappa shape index (κ3) is 3.16. The molecular weight excluding hydrogens is 394 g/mol. The molecule has 154 valence electrons. The van der Waals surface area contributed by atoms with Gasteiger partial charge in [0.25, 0.3) is 0 Å². The van der Waals surface area contributed by atoms with Gasteiger partial charge in [0.15, 0.2) is 0 Å². The van der Waals surface area contributed by atoms with Crippen LogP contribution in [0.4, 0.5) is 0 Å². The normalized spacial score (nSPS) is 14.4. The SMILES string of the molecule is CC(C)(C)c1cccc(-c2nccc3cc4sc5cc6c(cc5c4cc23)CCCC6)c1. The van der Waals surface area contributed by atoms with Gasteiger partial charge in [0.2, 0.25) is 0 Å². The van der Waals surface area contributed by atoms with Crippen LogP contribution >= 0.6 is 11.3 Å². The highest BCUT2D eigenvalue weighted by Crippen LogP contribution is 2.41. The first-order chi connectivity index (χ1) is 15.0. The lowest BCUT2D eigenvalue weighted by Crippen LogP contribution is -2.10. The fourth-order valence-corrected chi connectivity index (χ4v) is 6.22. The number of hydrogen-bond acceptors (Lipinski definition) is 2. The highest BCUT2D eigenvalue weighted by atomic mass is 32.1. The molecule has 1 aliphatic rings. The molecule has 0 radical (unpaired) electrons. The molecule has 0 fully saturated rings. The summed E-state index contributed by atoms with van der Waals surface area (Å²) in [6, 6.07) is 20.8. The summed E-state index contributed by atoms with van der Waals surface area (Å²) >= 11 is 1.94. The minimum absolute atomic E-state index is 0.122. The molecule has 0 bridgehead atoms. The monoisotopic (exact) mass is 421 g/mol. The van der Waals surface area contributed by atoms with E-state index in [9.17, 15) is 0 Å². The zero-order chi connectivity index (χ0) is 21.2. The molecule has 2 heterocycles. The summed E-state index contributed by atoms with van der Waals surface area (Å²) in [6.07, 6.45) is 7.07. The zero-order valence-corrected chi connectivity index (χ0v) is 19.3. The van der Waals surface area contributed by atoms with Crippen LogP contribution in [0.25, 0.3) is 42.2 Å². The van der Waals surface area contributed by atoms with Gasteiger partial charge in [-0.3, -0.25) is 4.98 Å². The van der Waals surface area contributed by atoms with E-state index in [-0.39, 0.29) is 5.41 Å². The maximum Gasteiger partial charge on any atom is 0.0780 e. The van der Waals surface area contributed by atoms with Crippen molar-refractivity contribution in [1.29, 1.82) is 0 Å². The third-order valence-electron chi connectivity index (χ3n) is 6.82. The lowest BCUT2D eigenvalue weighted by atomic mass is 9.85. The van der Waals surface area contributed by atoms with E-state index in [0.717, 1.165) is 5.69 Å². The number of hydrogen-bond donors (Lipinski definition) is 0. The molecule has 6 rings (SSSR count). The van der Waals surface area contributed by atoms with Gasteiger partial charge in [-0.05, 0) is 89.6 Å². The molecule has 5 aromatic rings. The van der Waals surface area contributed by atoms with E-state index in [1.807, 2.05) is 17.5 Å². The van der Waals surface area contributed by atoms with Gasteiger partial charge in [-0.2, -0.15) is 0 Å². The van der Waals surface area contributed by atoms with Crippen LogP contribution in [0.2, 0.25) is 0 Å². The summed E-state index contributed by atoms with van der Waals surface area (Å²) < 4.78 is 2.81. The quantitative estimate of drug-likeness (QED) is 0.264. The van der Waals surface area contributed by atoms with Crippen molar-refractivity contribution in [3.8, 4) is 11.3 Å². The van der Waals surface area contributed by atoms with Crippen LogP contribution in [-0.4, -0.2) is 4.98 Å². The maximum absolute atomic E-state index is 4.85. The van der Waals surface area contributed by atoms with Crippen molar-refractivity contribution in [3.05, 3.63) is 77.5 Å². The van der Waals surface area contributed by atoms with Gasteiger partial charge in [0, 0.05) is 37.3 Å². The summed E-state index contributed by atoms with van der Waals surface area (Å²) in [5.41, 5.74) is 6.88. The lowest BCUT2D eigenvalue weighted by molar-refractivity contribution is 0.590. The van der Waals surface area contributed by atoms with Gasteiger partial charge in [-0.15, -0.1) is 11.3 Å². The molecule has 2 heteroatoms. The average Bonchev–Trinajstić information content (AvgIpc) is 3.11. The molecule has 0 saturated carbocycles. The molecule has 2 aromatic heterocycles. The Bertz CT molecular complexity index is 1470. The van der Waals surface area contributed by atoms with Crippen molar-refractivity contribution in [2.75, 3.05) is 0 Å².